The van der Waals surface area contributed by atoms with Crippen LogP contribution < -0.4 is 0 Å². The molecule has 0 aliphatic heterocycles. The van der Waals surface area contributed by atoms with E-state index in [0.29, 0.717) is 0 Å². The van der Waals surface area contributed by atoms with Crippen molar-refractivity contribution in [3.8, 4) is 0 Å². The Hall–Kier alpha value is -0.350. The summed E-state index contributed by atoms with van der Waals surface area (Å²) in [7, 11) is 0. The van der Waals surface area contributed by atoms with Crippen LogP contribution in [0.25, 0.3) is 0 Å². The van der Waals surface area contributed by atoms with Gasteiger partial charge in [-0.25, -0.2) is 4.39 Å². The van der Waals surface area contributed by atoms with Gasteiger partial charge >= 0.3 is 18.4 Å². The molecule has 1 unspecified atom stereocenters. The maximum absolute atomic E-state index is 13.0. The molecule has 1 atom stereocenters. The van der Waals surface area contributed by atoms with Crippen molar-refractivity contribution < 1.29 is 44.6 Å². The molecule has 0 aliphatic rings. The minimum absolute atomic E-state index is 2.35. The monoisotopic (exact) mass is 296 g/mol. The Balaban J connectivity index is 4.47. The van der Waals surface area contributed by atoms with Crippen LogP contribution in [0.5, 0.6) is 0 Å². The second kappa shape index (κ2) is 5.53. The number of alkyl halides is 9. The zero-order valence-corrected chi connectivity index (χ0v) is 8.47. The minimum Gasteiger partial charge on any atom is -0.311 e. The Bertz CT molecular complexity index is 219. The highest BCUT2D eigenvalue weighted by molar-refractivity contribution is 6.20. The van der Waals surface area contributed by atoms with Crippen LogP contribution >= 0.6 is 11.6 Å². The standard InChI is InChI=1S/C6H5ClF8O2/c7-3(8)6(15,16-1-4(9,10)11)17-2-5(12,13)14/h3H,1-2H2. The Morgan fingerprint density at radius 3 is 1.29 bits per heavy atom. The van der Waals surface area contributed by atoms with Crippen LogP contribution in [0.4, 0.5) is 35.1 Å². The summed E-state index contributed by atoms with van der Waals surface area (Å²) in [6.07, 6.45) is -10.2. The summed E-state index contributed by atoms with van der Waals surface area (Å²) in [5.74, 6) is 0. The maximum atomic E-state index is 13.0. The third-order valence-electron chi connectivity index (χ3n) is 1.13. The van der Waals surface area contributed by atoms with Gasteiger partial charge in [0, 0.05) is 0 Å². The van der Waals surface area contributed by atoms with Crippen LogP contribution in [0.1, 0.15) is 0 Å². The first-order valence-electron chi connectivity index (χ1n) is 3.74. The maximum Gasteiger partial charge on any atom is 0.412 e. The van der Waals surface area contributed by atoms with Gasteiger partial charge < -0.3 is 9.47 Å². The van der Waals surface area contributed by atoms with Gasteiger partial charge in [0.2, 0.25) is 0 Å². The molecule has 0 spiro atoms. The summed E-state index contributed by atoms with van der Waals surface area (Å²) >= 11 is 4.42. The van der Waals surface area contributed by atoms with Crippen LogP contribution in [-0.4, -0.2) is 37.2 Å². The Morgan fingerprint density at radius 1 is 0.824 bits per heavy atom. The van der Waals surface area contributed by atoms with Crippen LogP contribution in [0.3, 0.4) is 0 Å². The van der Waals surface area contributed by atoms with Gasteiger partial charge in [-0.3, -0.25) is 0 Å². The summed E-state index contributed by atoms with van der Waals surface area (Å²) in [5, 5.41) is 0. The average Bonchev–Trinajstić information content (AvgIpc) is 2.09. The fourth-order valence-corrected chi connectivity index (χ4v) is 0.654. The topological polar surface area (TPSA) is 18.5 Å². The first-order valence-corrected chi connectivity index (χ1v) is 4.18. The summed E-state index contributed by atoms with van der Waals surface area (Å²) in [5.41, 5.74) is -3.35. The molecular formula is C6H5ClF8O2. The van der Waals surface area contributed by atoms with Crippen molar-refractivity contribution in [1.82, 2.24) is 0 Å². The fourth-order valence-electron chi connectivity index (χ4n) is 0.528. The highest BCUT2D eigenvalue weighted by Crippen LogP contribution is 2.30. The third-order valence-corrected chi connectivity index (χ3v) is 1.39. The van der Waals surface area contributed by atoms with Gasteiger partial charge in [0.05, 0.1) is 0 Å². The van der Waals surface area contributed by atoms with Crippen LogP contribution in [0, 0.1) is 0 Å². The van der Waals surface area contributed by atoms with E-state index in [4.69, 9.17) is 0 Å². The van der Waals surface area contributed by atoms with Gasteiger partial charge in [-0.15, -0.1) is 0 Å². The molecule has 0 saturated heterocycles. The Labute approximate surface area is 94.4 Å². The van der Waals surface area contributed by atoms with Gasteiger partial charge in [-0.1, -0.05) is 11.6 Å². The van der Waals surface area contributed by atoms with E-state index in [1.54, 1.807) is 0 Å². The van der Waals surface area contributed by atoms with Crippen molar-refractivity contribution in [2.75, 3.05) is 13.2 Å². The van der Waals surface area contributed by atoms with Crippen molar-refractivity contribution >= 4 is 11.6 Å². The molecule has 2 nitrogen and oxygen atoms in total. The molecule has 17 heavy (non-hydrogen) atoms. The lowest BCUT2D eigenvalue weighted by Crippen LogP contribution is -2.43. The predicted molar refractivity (Wildman–Crippen MR) is 38.6 cm³/mol. The highest BCUT2D eigenvalue weighted by atomic mass is 35.5. The summed E-state index contributed by atoms with van der Waals surface area (Å²) in [6, 6.07) is -4.33. The SMILES string of the molecule is FC(Cl)C(F)(OCC(F)(F)F)OCC(F)(F)F. The zero-order valence-electron chi connectivity index (χ0n) is 7.71. The summed E-state index contributed by atoms with van der Waals surface area (Å²) in [6.45, 7) is -4.71. The van der Waals surface area contributed by atoms with Gasteiger partial charge in [-0.05, 0) is 0 Å². The van der Waals surface area contributed by atoms with Crippen molar-refractivity contribution in [2.45, 2.75) is 24.0 Å². The van der Waals surface area contributed by atoms with E-state index in [9.17, 15) is 35.1 Å². The van der Waals surface area contributed by atoms with Gasteiger partial charge in [0.15, 0.2) is 0 Å². The van der Waals surface area contributed by atoms with E-state index >= 15 is 0 Å². The average molecular weight is 297 g/mol. The molecule has 0 fully saturated rings. The molecule has 0 aromatic rings. The molecule has 0 saturated carbocycles. The molecule has 0 aromatic carbocycles. The normalized spacial score (nSPS) is 16.1. The number of rotatable bonds is 5. The lowest BCUT2D eigenvalue weighted by molar-refractivity contribution is -0.373. The number of hydrogen-bond acceptors (Lipinski definition) is 2. The molecular weight excluding hydrogens is 292 g/mol. The third kappa shape index (κ3) is 7.55. The lowest BCUT2D eigenvalue weighted by atomic mass is 10.6. The molecule has 11 heteroatoms. The zero-order chi connectivity index (χ0) is 13.9. The summed E-state index contributed by atoms with van der Waals surface area (Å²) < 4.78 is 101. The molecule has 0 amide bonds. The fraction of sp³-hybridized carbons (Fsp3) is 1.00. The molecule has 0 bridgehead atoms. The molecule has 0 rings (SSSR count). The predicted octanol–water partition coefficient (Wildman–Crippen LogP) is 3.30. The summed E-state index contributed by atoms with van der Waals surface area (Å²) in [4.78, 5) is 0. The quantitative estimate of drug-likeness (QED) is 0.440. The molecule has 0 aliphatic carbocycles. The first-order chi connectivity index (χ1) is 7.36. The highest BCUT2D eigenvalue weighted by Gasteiger charge is 2.47. The van der Waals surface area contributed by atoms with E-state index in [1.165, 1.54) is 0 Å². The van der Waals surface area contributed by atoms with E-state index in [2.05, 4.69) is 21.1 Å². The number of halogens is 9. The van der Waals surface area contributed by atoms with Crippen molar-refractivity contribution in [1.29, 1.82) is 0 Å². The van der Waals surface area contributed by atoms with Gasteiger partial charge in [0.1, 0.15) is 13.2 Å². The number of hydrogen-bond donors (Lipinski definition) is 0. The molecule has 104 valence electrons. The van der Waals surface area contributed by atoms with E-state index in [-0.39, 0.29) is 0 Å². The van der Waals surface area contributed by atoms with Crippen molar-refractivity contribution in [2.24, 2.45) is 0 Å². The van der Waals surface area contributed by atoms with Crippen molar-refractivity contribution in [3.63, 3.8) is 0 Å². The lowest BCUT2D eigenvalue weighted by Gasteiger charge is -2.26. The smallest absolute Gasteiger partial charge is 0.311 e. The Kier molecular flexibility index (Phi) is 5.41. The minimum atomic E-state index is -5.08. The van der Waals surface area contributed by atoms with Gasteiger partial charge in [-0.2, -0.15) is 30.7 Å². The van der Waals surface area contributed by atoms with Gasteiger partial charge in [0.25, 0.3) is 5.63 Å². The second-order valence-electron chi connectivity index (χ2n) is 2.69. The van der Waals surface area contributed by atoms with Crippen LogP contribution in [-0.2, 0) is 9.47 Å². The molecule has 0 radical (unpaired) electrons. The molecule has 0 aromatic heterocycles. The number of ether oxygens (including phenoxy) is 2. The van der Waals surface area contributed by atoms with E-state index < -0.39 is 37.2 Å². The van der Waals surface area contributed by atoms with Crippen molar-refractivity contribution in [3.05, 3.63) is 0 Å². The van der Waals surface area contributed by atoms with Crippen LogP contribution in [0.2, 0.25) is 0 Å². The van der Waals surface area contributed by atoms with Crippen LogP contribution in [0.15, 0.2) is 0 Å². The van der Waals surface area contributed by atoms with E-state index in [0.717, 1.165) is 0 Å². The second-order valence-corrected chi connectivity index (χ2v) is 3.07. The largest absolute Gasteiger partial charge is 0.412 e. The Morgan fingerprint density at radius 2 is 1.12 bits per heavy atom. The molecule has 0 heterocycles. The first kappa shape index (κ1) is 16.6. The van der Waals surface area contributed by atoms with E-state index in [1.807, 2.05) is 0 Å². The molecule has 0 N–H and O–H groups in total.